The molecule has 1 aromatic rings. The van der Waals surface area contributed by atoms with E-state index in [9.17, 15) is 19.2 Å². The second-order valence-corrected chi connectivity index (χ2v) is 11.6. The van der Waals surface area contributed by atoms with E-state index in [0.717, 1.165) is 12.0 Å². The van der Waals surface area contributed by atoms with Gasteiger partial charge in [-0.25, -0.2) is 4.79 Å². The van der Waals surface area contributed by atoms with Crippen molar-refractivity contribution in [3.63, 3.8) is 0 Å². The van der Waals surface area contributed by atoms with Crippen molar-refractivity contribution >= 4 is 23.7 Å². The molecule has 6 atom stereocenters. The van der Waals surface area contributed by atoms with Crippen LogP contribution in [0.4, 0.5) is 0 Å². The van der Waals surface area contributed by atoms with Crippen LogP contribution in [-0.2, 0) is 39.8 Å². The third-order valence-corrected chi connectivity index (χ3v) is 8.04. The molecule has 1 aliphatic heterocycles. The van der Waals surface area contributed by atoms with E-state index in [2.05, 4.69) is 5.32 Å². The van der Waals surface area contributed by atoms with Crippen LogP contribution >= 0.6 is 0 Å². The molecule has 3 amide bonds. The Hall–Kier alpha value is -3.02. The average Bonchev–Trinajstić information content (AvgIpc) is 3.46. The van der Waals surface area contributed by atoms with Crippen LogP contribution in [0.15, 0.2) is 30.3 Å². The van der Waals surface area contributed by atoms with Gasteiger partial charge in [-0.15, -0.1) is 0 Å². The van der Waals surface area contributed by atoms with E-state index in [1.807, 2.05) is 44.2 Å². The van der Waals surface area contributed by atoms with Gasteiger partial charge in [0.05, 0.1) is 37.8 Å². The summed E-state index contributed by atoms with van der Waals surface area (Å²) in [5, 5.41) is 2.84. The number of likely N-dealkylation sites (N-methyl/N-ethyl adjacent to an activating group) is 1. The Morgan fingerprint density at radius 2 is 1.76 bits per heavy atom. The molecule has 1 fully saturated rings. The lowest BCUT2D eigenvalue weighted by Gasteiger charge is -2.35. The summed E-state index contributed by atoms with van der Waals surface area (Å²) in [6.07, 6.45) is 1.35. The molecule has 1 saturated heterocycles. The first-order chi connectivity index (χ1) is 19.9. The quantitative estimate of drug-likeness (QED) is 0.277. The first kappa shape index (κ1) is 35.2. The Morgan fingerprint density at radius 3 is 2.33 bits per heavy atom. The monoisotopic (exact) mass is 590 g/mol. The standard InChI is InChI=1S/C31H50N4O7/c1-20(2)27(32)30(38)34(4)18-23(19-40-5)17-26(36)35-15-11-14-25(35)28(41-6)21(3)29(37)33-24(31(39)42-7)16-22-12-9-8-10-13-22/h8-10,12-13,20-21,23-25,27-28H,11,14-19,32H2,1-7H3,(H,33,37)/t21-,23?,24+,25+,27+,28-/m1/s1. The summed E-state index contributed by atoms with van der Waals surface area (Å²) in [4.78, 5) is 55.5. The number of benzene rings is 1. The molecule has 236 valence electrons. The zero-order valence-corrected chi connectivity index (χ0v) is 26.2. The number of nitrogens with two attached hydrogens (primary N) is 1. The van der Waals surface area contributed by atoms with Gasteiger partial charge in [-0.3, -0.25) is 14.4 Å². The Balaban J connectivity index is 2.11. The maximum absolute atomic E-state index is 13.6. The van der Waals surface area contributed by atoms with E-state index < -0.39 is 30.1 Å². The summed E-state index contributed by atoms with van der Waals surface area (Å²) in [6.45, 7) is 6.72. The minimum absolute atomic E-state index is 0.000723. The fourth-order valence-electron chi connectivity index (χ4n) is 5.57. The van der Waals surface area contributed by atoms with Crippen molar-refractivity contribution in [1.29, 1.82) is 0 Å². The summed E-state index contributed by atoms with van der Waals surface area (Å²) in [7, 11) is 6.08. The molecule has 0 aliphatic carbocycles. The highest BCUT2D eigenvalue weighted by molar-refractivity contribution is 5.86. The molecule has 42 heavy (non-hydrogen) atoms. The lowest BCUT2D eigenvalue weighted by atomic mass is 9.93. The number of carbonyl (C=O) groups excluding carboxylic acids is 4. The number of hydrogen-bond acceptors (Lipinski definition) is 8. The normalized spacial score (nSPS) is 18.6. The van der Waals surface area contributed by atoms with Crippen molar-refractivity contribution < 1.29 is 33.4 Å². The van der Waals surface area contributed by atoms with Gasteiger partial charge in [0.1, 0.15) is 6.04 Å². The second kappa shape index (κ2) is 17.2. The van der Waals surface area contributed by atoms with Gasteiger partial charge in [0.2, 0.25) is 17.7 Å². The highest BCUT2D eigenvalue weighted by Gasteiger charge is 2.41. The molecule has 0 radical (unpaired) electrons. The summed E-state index contributed by atoms with van der Waals surface area (Å²) in [5.41, 5.74) is 6.94. The van der Waals surface area contributed by atoms with Crippen molar-refractivity contribution in [2.75, 3.05) is 48.1 Å². The SMILES string of the molecule is COCC(CC(=O)N1CCC[C@H]1[C@H](OC)[C@@H](C)C(=O)N[C@@H](Cc1ccccc1)C(=O)OC)CN(C)C(=O)[C@@H](N)C(C)C. The number of likely N-dealkylation sites (tertiary alicyclic amines) is 1. The predicted molar refractivity (Wildman–Crippen MR) is 159 cm³/mol. The number of nitrogens with zero attached hydrogens (tertiary/aromatic N) is 2. The average molecular weight is 591 g/mol. The molecule has 2 rings (SSSR count). The minimum Gasteiger partial charge on any atom is -0.467 e. The number of nitrogens with one attached hydrogen (secondary N) is 1. The van der Waals surface area contributed by atoms with Crippen molar-refractivity contribution in [3.8, 4) is 0 Å². The Labute approximate surface area is 250 Å². The van der Waals surface area contributed by atoms with Gasteiger partial charge in [0.15, 0.2) is 0 Å². The van der Waals surface area contributed by atoms with E-state index in [1.165, 1.54) is 14.2 Å². The van der Waals surface area contributed by atoms with E-state index >= 15 is 0 Å². The molecule has 1 heterocycles. The number of methoxy groups -OCH3 is 3. The third kappa shape index (κ3) is 9.78. The van der Waals surface area contributed by atoms with Gasteiger partial charge in [0.25, 0.3) is 0 Å². The van der Waals surface area contributed by atoms with Crippen LogP contribution < -0.4 is 11.1 Å². The number of esters is 1. The van der Waals surface area contributed by atoms with E-state index in [4.69, 9.17) is 19.9 Å². The summed E-state index contributed by atoms with van der Waals surface area (Å²) >= 11 is 0. The van der Waals surface area contributed by atoms with Gasteiger partial charge in [0, 0.05) is 53.1 Å². The summed E-state index contributed by atoms with van der Waals surface area (Å²) in [6, 6.07) is 7.60. The summed E-state index contributed by atoms with van der Waals surface area (Å²) < 4.78 is 16.1. The van der Waals surface area contributed by atoms with Crippen LogP contribution in [0.25, 0.3) is 0 Å². The lowest BCUT2D eigenvalue weighted by Crippen LogP contribution is -2.53. The largest absolute Gasteiger partial charge is 0.467 e. The topological polar surface area (TPSA) is 140 Å². The van der Waals surface area contributed by atoms with Gasteiger partial charge >= 0.3 is 5.97 Å². The maximum atomic E-state index is 13.6. The highest BCUT2D eigenvalue weighted by atomic mass is 16.5. The van der Waals surface area contributed by atoms with Crippen LogP contribution in [-0.4, -0.2) is 106 Å². The van der Waals surface area contributed by atoms with Crippen LogP contribution in [0.5, 0.6) is 0 Å². The molecule has 1 aromatic carbocycles. The zero-order chi connectivity index (χ0) is 31.4. The zero-order valence-electron chi connectivity index (χ0n) is 26.2. The molecule has 0 spiro atoms. The molecular weight excluding hydrogens is 540 g/mol. The molecular formula is C31H50N4O7. The Bertz CT molecular complexity index is 1020. The highest BCUT2D eigenvalue weighted by Crippen LogP contribution is 2.28. The fourth-order valence-corrected chi connectivity index (χ4v) is 5.57. The Morgan fingerprint density at radius 1 is 1.10 bits per heavy atom. The van der Waals surface area contributed by atoms with Crippen molar-refractivity contribution in [2.24, 2.45) is 23.5 Å². The minimum atomic E-state index is -0.857. The molecule has 0 aromatic heterocycles. The number of amides is 3. The Kier molecular flexibility index (Phi) is 14.4. The van der Waals surface area contributed by atoms with Crippen molar-refractivity contribution in [1.82, 2.24) is 15.1 Å². The molecule has 11 heteroatoms. The van der Waals surface area contributed by atoms with Crippen LogP contribution in [0.2, 0.25) is 0 Å². The first-order valence-corrected chi connectivity index (χ1v) is 14.7. The van der Waals surface area contributed by atoms with Gasteiger partial charge < -0.3 is 35.1 Å². The molecule has 1 aliphatic rings. The van der Waals surface area contributed by atoms with Gasteiger partial charge in [-0.2, -0.15) is 0 Å². The lowest BCUT2D eigenvalue weighted by molar-refractivity contribution is -0.147. The molecule has 1 unspecified atom stereocenters. The van der Waals surface area contributed by atoms with E-state index in [1.54, 1.807) is 30.9 Å². The number of carbonyl (C=O) groups is 4. The fraction of sp³-hybridized carbons (Fsp3) is 0.677. The van der Waals surface area contributed by atoms with Crippen LogP contribution in [0, 0.1) is 17.8 Å². The number of hydrogen-bond donors (Lipinski definition) is 2. The smallest absolute Gasteiger partial charge is 0.328 e. The molecule has 3 N–H and O–H groups in total. The van der Waals surface area contributed by atoms with Crippen molar-refractivity contribution in [2.45, 2.75) is 70.7 Å². The number of rotatable bonds is 16. The van der Waals surface area contributed by atoms with Crippen LogP contribution in [0.3, 0.4) is 0 Å². The predicted octanol–water partition coefficient (Wildman–Crippen LogP) is 1.62. The van der Waals surface area contributed by atoms with E-state index in [-0.39, 0.29) is 48.4 Å². The van der Waals surface area contributed by atoms with Crippen molar-refractivity contribution in [3.05, 3.63) is 35.9 Å². The van der Waals surface area contributed by atoms with E-state index in [0.29, 0.717) is 26.1 Å². The molecule has 0 saturated carbocycles. The van der Waals surface area contributed by atoms with Gasteiger partial charge in [-0.1, -0.05) is 51.1 Å². The van der Waals surface area contributed by atoms with Gasteiger partial charge in [-0.05, 0) is 24.3 Å². The molecule has 11 nitrogen and oxygen atoms in total. The number of ether oxygens (including phenoxy) is 3. The second-order valence-electron chi connectivity index (χ2n) is 11.6. The maximum Gasteiger partial charge on any atom is 0.328 e. The first-order valence-electron chi connectivity index (χ1n) is 14.7. The third-order valence-electron chi connectivity index (χ3n) is 8.04. The van der Waals surface area contributed by atoms with Crippen LogP contribution in [0.1, 0.15) is 45.6 Å². The summed E-state index contributed by atoms with van der Waals surface area (Å²) in [5.74, 6) is -2.02. The molecule has 0 bridgehead atoms.